The van der Waals surface area contributed by atoms with Gasteiger partial charge in [-0.05, 0) is 31.0 Å². The maximum atomic E-state index is 13.6. The number of nitrogens with one attached hydrogen (secondary N) is 3. The Morgan fingerprint density at radius 2 is 1.85 bits per heavy atom. The molecule has 12 nitrogen and oxygen atoms in total. The molecular weight excluding hydrogens is 598 g/mol. The second kappa shape index (κ2) is 12.3. The lowest BCUT2D eigenvalue weighted by Crippen LogP contribution is -2.49. The average molecular weight is 628 g/mol. The van der Waals surface area contributed by atoms with Gasteiger partial charge in [-0.15, -0.1) is 0 Å². The quantitative estimate of drug-likeness (QED) is 0.263. The van der Waals surface area contributed by atoms with E-state index in [0.29, 0.717) is 60.3 Å². The first kappa shape index (κ1) is 28.6. The van der Waals surface area contributed by atoms with Crippen LogP contribution in [0.2, 0.25) is 0 Å². The van der Waals surface area contributed by atoms with Crippen LogP contribution in [0.15, 0.2) is 45.7 Å². The third kappa shape index (κ3) is 6.05. The minimum absolute atomic E-state index is 0.115. The lowest BCUT2D eigenvalue weighted by atomic mass is 9.89. The van der Waals surface area contributed by atoms with E-state index in [0.717, 1.165) is 12.8 Å². The molecule has 3 aromatic rings. The molecule has 0 unspecified atom stereocenters. The summed E-state index contributed by atoms with van der Waals surface area (Å²) in [4.78, 5) is 55.4. The number of morpholine rings is 1. The number of aromatic nitrogens is 1. The van der Waals surface area contributed by atoms with Crippen molar-refractivity contribution in [2.24, 2.45) is 0 Å². The topological polar surface area (TPSA) is 156 Å². The molecule has 0 bridgehead atoms. The molecule has 41 heavy (non-hydrogen) atoms. The summed E-state index contributed by atoms with van der Waals surface area (Å²) in [6, 6.07) is 8.49. The normalized spacial score (nSPS) is 19.0. The van der Waals surface area contributed by atoms with E-state index in [1.807, 2.05) is 0 Å². The average Bonchev–Trinajstić information content (AvgIpc) is 2.97. The Morgan fingerprint density at radius 3 is 2.56 bits per heavy atom. The molecule has 1 saturated heterocycles. The van der Waals surface area contributed by atoms with E-state index in [1.165, 1.54) is 19.2 Å². The van der Waals surface area contributed by atoms with Crippen LogP contribution in [0, 0.1) is 10.1 Å². The molecule has 2 aliphatic rings. The van der Waals surface area contributed by atoms with Crippen LogP contribution in [0.4, 0.5) is 11.4 Å². The predicted molar refractivity (Wildman–Crippen MR) is 156 cm³/mol. The van der Waals surface area contributed by atoms with Crippen LogP contribution in [0.3, 0.4) is 0 Å². The number of hydrogen-bond donors (Lipinski definition) is 3. The zero-order valence-corrected chi connectivity index (χ0v) is 24.0. The summed E-state index contributed by atoms with van der Waals surface area (Å²) in [5.74, 6) is -0.350. The highest BCUT2D eigenvalue weighted by Crippen LogP contribution is 2.36. The van der Waals surface area contributed by atoms with Gasteiger partial charge in [0, 0.05) is 41.8 Å². The van der Waals surface area contributed by atoms with Crippen LogP contribution in [0.1, 0.15) is 46.4 Å². The SMILES string of the molecule is COc1cccc2[nH]c(=O)cc(C(=O)N[C@H]3CCCC[C@H]3Nc3c(C(=O)N4CCOCC4)cc(Br)cc3[N+](=O)[O-])c12. The number of carbonyl (C=O) groups excluding carboxylic acids is 2. The molecule has 2 amide bonds. The number of fused-ring (bicyclic) bond motifs is 1. The van der Waals surface area contributed by atoms with E-state index in [-0.39, 0.29) is 28.4 Å². The Kier molecular flexibility index (Phi) is 8.54. The predicted octanol–water partition coefficient (Wildman–Crippen LogP) is 3.83. The molecule has 5 rings (SSSR count). The van der Waals surface area contributed by atoms with Crippen molar-refractivity contribution in [1.29, 1.82) is 0 Å². The number of hydrogen-bond acceptors (Lipinski definition) is 8. The molecule has 2 aromatic carbocycles. The van der Waals surface area contributed by atoms with E-state index >= 15 is 0 Å². The summed E-state index contributed by atoms with van der Waals surface area (Å²) in [7, 11) is 1.49. The summed E-state index contributed by atoms with van der Waals surface area (Å²) in [5, 5.41) is 18.9. The highest BCUT2D eigenvalue weighted by atomic mass is 79.9. The molecular formula is C28H30BrN5O7. The maximum absolute atomic E-state index is 13.6. The van der Waals surface area contributed by atoms with Crippen molar-refractivity contribution in [3.8, 4) is 5.75 Å². The standard InChI is InChI=1S/C28H30BrN5O7/c1-40-23-8-4-7-21-25(23)17(15-24(35)30-21)27(36)32-20-6-3-2-5-19(20)31-26-18(13-16(29)14-22(26)34(38)39)28(37)33-9-11-41-12-10-33/h4,7-8,13-15,19-20,31H,2-3,5-6,9-12H2,1H3,(H,30,35)(H,32,36)/t19-,20+/m1/s1. The van der Waals surface area contributed by atoms with Gasteiger partial charge < -0.3 is 30.0 Å². The Hall–Kier alpha value is -3.97. The molecule has 3 N–H and O–H groups in total. The number of H-pyrrole nitrogens is 1. The van der Waals surface area contributed by atoms with Crippen molar-refractivity contribution in [2.45, 2.75) is 37.8 Å². The number of halogens is 1. The fraction of sp³-hybridized carbons (Fsp3) is 0.393. The number of benzene rings is 2. The minimum Gasteiger partial charge on any atom is -0.496 e. The highest BCUT2D eigenvalue weighted by molar-refractivity contribution is 9.10. The molecule has 216 valence electrons. The van der Waals surface area contributed by atoms with Gasteiger partial charge in [0.05, 0.1) is 47.3 Å². The summed E-state index contributed by atoms with van der Waals surface area (Å²) in [6.07, 6.45) is 2.90. The lowest BCUT2D eigenvalue weighted by molar-refractivity contribution is -0.384. The third-order valence-electron chi connectivity index (χ3n) is 7.51. The molecule has 2 atom stereocenters. The van der Waals surface area contributed by atoms with Gasteiger partial charge in [-0.2, -0.15) is 0 Å². The highest BCUT2D eigenvalue weighted by Gasteiger charge is 2.33. The van der Waals surface area contributed by atoms with Gasteiger partial charge in [-0.1, -0.05) is 34.8 Å². The van der Waals surface area contributed by atoms with Crippen LogP contribution in [0.5, 0.6) is 5.75 Å². The molecule has 1 saturated carbocycles. The Balaban J connectivity index is 1.48. The Morgan fingerprint density at radius 1 is 1.12 bits per heavy atom. The number of nitro groups is 1. The molecule has 0 spiro atoms. The van der Waals surface area contributed by atoms with E-state index in [1.54, 1.807) is 29.2 Å². The summed E-state index contributed by atoms with van der Waals surface area (Å²) >= 11 is 3.32. The number of rotatable bonds is 7. The molecule has 1 aliphatic carbocycles. The lowest BCUT2D eigenvalue weighted by Gasteiger charge is -2.34. The van der Waals surface area contributed by atoms with Crippen molar-refractivity contribution in [3.05, 3.63) is 72.5 Å². The van der Waals surface area contributed by atoms with E-state index < -0.39 is 28.5 Å². The van der Waals surface area contributed by atoms with Gasteiger partial charge in [-0.25, -0.2) is 0 Å². The van der Waals surface area contributed by atoms with Gasteiger partial charge in [-0.3, -0.25) is 24.5 Å². The zero-order chi connectivity index (χ0) is 29.1. The van der Waals surface area contributed by atoms with E-state index in [2.05, 4.69) is 31.5 Å². The van der Waals surface area contributed by atoms with Crippen LogP contribution >= 0.6 is 15.9 Å². The van der Waals surface area contributed by atoms with Crippen LogP contribution in [-0.4, -0.2) is 72.1 Å². The van der Waals surface area contributed by atoms with Crippen molar-refractivity contribution in [2.75, 3.05) is 38.7 Å². The summed E-state index contributed by atoms with van der Waals surface area (Å²) in [6.45, 7) is 1.55. The molecule has 2 heterocycles. The second-order valence-corrected chi connectivity index (χ2v) is 11.0. The number of amides is 2. The van der Waals surface area contributed by atoms with Gasteiger partial charge in [0.25, 0.3) is 17.5 Å². The van der Waals surface area contributed by atoms with E-state index in [9.17, 15) is 24.5 Å². The van der Waals surface area contributed by atoms with Gasteiger partial charge in [0.1, 0.15) is 11.4 Å². The number of carbonyl (C=O) groups is 2. The minimum atomic E-state index is -0.520. The first-order valence-corrected chi connectivity index (χ1v) is 14.2. The first-order valence-electron chi connectivity index (χ1n) is 13.4. The number of pyridine rings is 1. The molecule has 1 aliphatic heterocycles. The van der Waals surface area contributed by atoms with Crippen molar-refractivity contribution >= 4 is 50.0 Å². The number of nitrogens with zero attached hydrogens (tertiary/aromatic N) is 2. The molecule has 13 heteroatoms. The van der Waals surface area contributed by atoms with Crippen molar-refractivity contribution in [3.63, 3.8) is 0 Å². The van der Waals surface area contributed by atoms with Crippen LogP contribution < -0.4 is 20.9 Å². The fourth-order valence-corrected chi connectivity index (χ4v) is 5.98. The second-order valence-electron chi connectivity index (χ2n) is 10.1. The van der Waals surface area contributed by atoms with Gasteiger partial charge in [0.2, 0.25) is 5.56 Å². The van der Waals surface area contributed by atoms with Crippen LogP contribution in [-0.2, 0) is 4.74 Å². The largest absolute Gasteiger partial charge is 0.496 e. The summed E-state index contributed by atoms with van der Waals surface area (Å²) < 4.78 is 11.2. The van der Waals surface area contributed by atoms with Crippen molar-refractivity contribution in [1.82, 2.24) is 15.2 Å². The number of anilines is 1. The number of ether oxygens (including phenoxy) is 2. The Labute approximate surface area is 243 Å². The number of aromatic amines is 1. The van der Waals surface area contributed by atoms with Gasteiger partial charge >= 0.3 is 0 Å². The monoisotopic (exact) mass is 627 g/mol. The Bertz CT molecular complexity index is 1550. The number of methoxy groups -OCH3 is 1. The van der Waals surface area contributed by atoms with Gasteiger partial charge in [0.15, 0.2) is 0 Å². The fourth-order valence-electron chi connectivity index (χ4n) is 5.54. The third-order valence-corrected chi connectivity index (χ3v) is 7.97. The van der Waals surface area contributed by atoms with Crippen LogP contribution in [0.25, 0.3) is 10.9 Å². The molecule has 0 radical (unpaired) electrons. The van der Waals surface area contributed by atoms with Crippen molar-refractivity contribution < 1.29 is 24.0 Å². The molecule has 1 aromatic heterocycles. The maximum Gasteiger partial charge on any atom is 0.294 e. The smallest absolute Gasteiger partial charge is 0.294 e. The number of nitro benzene ring substituents is 1. The summed E-state index contributed by atoms with van der Waals surface area (Å²) in [5.41, 5.74) is 0.265. The van der Waals surface area contributed by atoms with E-state index in [4.69, 9.17) is 9.47 Å². The first-order chi connectivity index (χ1) is 19.8. The zero-order valence-electron chi connectivity index (χ0n) is 22.4. The molecule has 2 fully saturated rings.